The number of hydrogen-bond acceptors (Lipinski definition) is 0. The predicted molar refractivity (Wildman–Crippen MR) is 2.06 cm³/mol. The minimum atomic E-state index is 0. The Morgan fingerprint density at radius 3 is 0.500 bits per heavy atom. The van der Waals surface area contributed by atoms with Crippen LogP contribution in [0.5, 0.6) is 0 Å². The molecule has 0 unspecified atom stereocenters. The summed E-state index contributed by atoms with van der Waals surface area (Å²) in [6, 6.07) is 0. The fourth-order valence-electron chi connectivity index (χ4n) is 0. The van der Waals surface area contributed by atoms with Gasteiger partial charge in [-0.15, -0.1) is 0 Å². The third-order valence-electron chi connectivity index (χ3n) is 0. The second-order valence-electron chi connectivity index (χ2n) is 0. The molecule has 2 radical (unpaired) electrons. The molecule has 0 saturated carbocycles. The molecular weight excluding hydrogens is 266 g/mol. The molecule has 0 N–H and O–H groups in total. The van der Waals surface area contributed by atoms with Gasteiger partial charge in [0, 0.05) is 20.4 Å². The third-order valence-corrected chi connectivity index (χ3v) is 0. The van der Waals surface area contributed by atoms with Crippen molar-refractivity contribution in [1.82, 2.24) is 0 Å². The molecule has 0 saturated heterocycles. The Labute approximate surface area is 70.8 Å². The van der Waals surface area contributed by atoms with Crippen LogP contribution in [0, 0.1) is 0 Å². The Hall–Kier alpha value is 1.58. The van der Waals surface area contributed by atoms with E-state index < -0.39 is 0 Å². The Balaban J connectivity index is 0. The van der Waals surface area contributed by atoms with Crippen LogP contribution in [0.1, 0.15) is 0 Å². The molecule has 3 nitrogen and oxygen atoms in total. The van der Waals surface area contributed by atoms with Crippen molar-refractivity contribution in [2.75, 3.05) is 0 Å². The average molecular weight is 266 g/mol. The molecule has 6 heavy (non-hydrogen) atoms. The molecule has 0 atom stereocenters. The van der Waals surface area contributed by atoms with E-state index in [1.54, 1.807) is 0 Å². The van der Waals surface area contributed by atoms with Crippen molar-refractivity contribution in [1.29, 1.82) is 0 Å². The van der Waals surface area contributed by atoms with E-state index in [1.165, 1.54) is 0 Å². The zero-order chi connectivity index (χ0) is 0. The molecule has 0 amide bonds. The molecule has 44 valence electrons. The van der Waals surface area contributed by atoms with E-state index >= 15 is 0 Å². The van der Waals surface area contributed by atoms with Gasteiger partial charge in [0.15, 0.2) is 0 Å². The predicted octanol–water partition coefficient (Wildman–Crippen LogP) is -0.364. The first-order chi connectivity index (χ1) is 0. The molecule has 0 aromatic carbocycles. The van der Waals surface area contributed by atoms with Crippen LogP contribution in [0.15, 0.2) is 0 Å². The van der Waals surface area contributed by atoms with Gasteiger partial charge >= 0.3 is 34.1 Å². The Bertz CT molecular complexity index is 8.75. The summed E-state index contributed by atoms with van der Waals surface area (Å²) in [5, 5.41) is 0. The molecule has 6 heteroatoms. The van der Waals surface area contributed by atoms with E-state index in [2.05, 4.69) is 0 Å². The molecule has 0 rings (SSSR count). The molecule has 0 fully saturated rings. The first kappa shape index (κ1) is 131. The molecule has 0 bridgehead atoms. The molecule has 0 aliphatic rings. The second kappa shape index (κ2) is 82.0. The van der Waals surface area contributed by atoms with E-state index in [9.17, 15) is 0 Å². The minimum absolute atomic E-state index is 0. The minimum Gasteiger partial charge on any atom is -2.00 e. The summed E-state index contributed by atoms with van der Waals surface area (Å²) in [6.07, 6.45) is 0. The van der Waals surface area contributed by atoms with Crippen LogP contribution in [0.2, 0.25) is 0 Å². The van der Waals surface area contributed by atoms with Gasteiger partial charge in [0.05, 0.1) is 0 Å². The van der Waals surface area contributed by atoms with Crippen molar-refractivity contribution in [2.24, 2.45) is 0 Å². The van der Waals surface area contributed by atoms with Gasteiger partial charge in [0.2, 0.25) is 0 Å². The van der Waals surface area contributed by atoms with Gasteiger partial charge in [-0.05, 0) is 0 Å². The average Bonchev–Trinajstić information content (AvgIpc) is 0. The zero-order valence-electron chi connectivity index (χ0n) is 2.25. The van der Waals surface area contributed by atoms with Crippen LogP contribution >= 0.6 is 0 Å². The van der Waals surface area contributed by atoms with Gasteiger partial charge in [-0.25, -0.2) is 0 Å². The van der Waals surface area contributed by atoms with Crippen molar-refractivity contribution >= 4 is 0 Å². The number of rotatable bonds is 0. The van der Waals surface area contributed by atoms with Gasteiger partial charge < -0.3 is 16.4 Å². The van der Waals surface area contributed by atoms with E-state index in [4.69, 9.17) is 0 Å². The zero-order valence-corrected chi connectivity index (χ0v) is 6.01. The van der Waals surface area contributed by atoms with E-state index in [0.29, 0.717) is 0 Å². The molecular formula is Fe2O3Pd. The van der Waals surface area contributed by atoms with Gasteiger partial charge in [-0.1, -0.05) is 0 Å². The van der Waals surface area contributed by atoms with Gasteiger partial charge in [0.1, 0.15) is 0 Å². The third kappa shape index (κ3) is 46.8. The molecule has 0 aromatic rings. The van der Waals surface area contributed by atoms with Gasteiger partial charge in [-0.2, -0.15) is 0 Å². The summed E-state index contributed by atoms with van der Waals surface area (Å²) in [7, 11) is 0. The van der Waals surface area contributed by atoms with E-state index in [0.717, 1.165) is 0 Å². The normalized spacial score (nSPS) is 0. The van der Waals surface area contributed by atoms with Crippen molar-refractivity contribution in [2.45, 2.75) is 0 Å². The maximum Gasteiger partial charge on any atom is 3.00 e. The summed E-state index contributed by atoms with van der Waals surface area (Å²) in [6.45, 7) is 0. The molecule has 0 spiro atoms. The molecule has 0 heterocycles. The summed E-state index contributed by atoms with van der Waals surface area (Å²) < 4.78 is 0. The van der Waals surface area contributed by atoms with Crippen molar-refractivity contribution in [3.05, 3.63) is 0 Å². The SMILES string of the molecule is [Fe+3].[Fe+3].[O-2].[O-2].[O-2].[Pd]. The number of hydrogen-bond donors (Lipinski definition) is 0. The largest absolute Gasteiger partial charge is 3.00 e. The monoisotopic (exact) mass is 266 g/mol. The van der Waals surface area contributed by atoms with Crippen LogP contribution in [0.3, 0.4) is 0 Å². The van der Waals surface area contributed by atoms with Crippen molar-refractivity contribution < 1.29 is 71.0 Å². The van der Waals surface area contributed by atoms with Gasteiger partial charge in [-0.3, -0.25) is 0 Å². The van der Waals surface area contributed by atoms with Crippen LogP contribution in [0.25, 0.3) is 0 Å². The summed E-state index contributed by atoms with van der Waals surface area (Å²) >= 11 is 0. The molecule has 0 aromatic heterocycles. The molecule has 0 aliphatic carbocycles. The van der Waals surface area contributed by atoms with Crippen LogP contribution in [0.4, 0.5) is 0 Å². The maximum atomic E-state index is 0. The summed E-state index contributed by atoms with van der Waals surface area (Å²) in [5.41, 5.74) is 0. The summed E-state index contributed by atoms with van der Waals surface area (Å²) in [4.78, 5) is 0. The first-order valence-electron chi connectivity index (χ1n) is 0. The van der Waals surface area contributed by atoms with Crippen molar-refractivity contribution in [3.8, 4) is 0 Å². The smallest absolute Gasteiger partial charge is 2.00 e. The van der Waals surface area contributed by atoms with Crippen LogP contribution in [-0.4, -0.2) is 0 Å². The van der Waals surface area contributed by atoms with Crippen LogP contribution in [-0.2, 0) is 71.0 Å². The maximum absolute atomic E-state index is 0. The second-order valence-corrected chi connectivity index (χ2v) is 0. The topological polar surface area (TPSA) is 85.5 Å². The van der Waals surface area contributed by atoms with E-state index in [-0.39, 0.29) is 71.0 Å². The van der Waals surface area contributed by atoms with Crippen LogP contribution < -0.4 is 0 Å². The van der Waals surface area contributed by atoms with Crippen molar-refractivity contribution in [3.63, 3.8) is 0 Å². The fourth-order valence-corrected chi connectivity index (χ4v) is 0. The first-order valence-corrected chi connectivity index (χ1v) is 0. The Morgan fingerprint density at radius 2 is 0.500 bits per heavy atom. The van der Waals surface area contributed by atoms with Gasteiger partial charge in [0.25, 0.3) is 0 Å². The Morgan fingerprint density at radius 1 is 0.500 bits per heavy atom. The standard InChI is InChI=1S/2Fe.3O.Pd/q2*+3;3*-2;. The fraction of sp³-hybridized carbons (Fsp3) is 0. The summed E-state index contributed by atoms with van der Waals surface area (Å²) in [5.74, 6) is 0. The molecule has 0 aliphatic heterocycles. The quantitative estimate of drug-likeness (QED) is 0.536. The van der Waals surface area contributed by atoms with E-state index in [1.807, 2.05) is 0 Å². The Kier molecular flexibility index (Phi) is 1790.